The minimum Gasteiger partial charge on any atom is -0.356 e. The Balaban J connectivity index is 0.00000161. The highest BCUT2D eigenvalue weighted by Gasteiger charge is 2.30. The number of benzene rings is 1. The third-order valence-corrected chi connectivity index (χ3v) is 4.49. The zero-order valence-corrected chi connectivity index (χ0v) is 18.6. The molecule has 4 N–H and O–H groups in total. The molecule has 2 unspecified atom stereocenters. The lowest BCUT2D eigenvalue weighted by Crippen LogP contribution is -2.48. The van der Waals surface area contributed by atoms with E-state index in [1.807, 2.05) is 0 Å². The van der Waals surface area contributed by atoms with Crippen LogP contribution in [0, 0.1) is 11.7 Å². The number of nitrogens with one attached hydrogen (secondary N) is 4. The Kier molecular flexibility index (Phi) is 11.6. The van der Waals surface area contributed by atoms with Crippen LogP contribution >= 0.6 is 0 Å². The van der Waals surface area contributed by atoms with Crippen molar-refractivity contribution >= 4 is 35.1 Å². The number of Topliss-reactive ketones (excluding diaryl/α,β-unsaturated/α-hetero) is 1. The van der Waals surface area contributed by atoms with Crippen LogP contribution in [0.1, 0.15) is 46.5 Å². The second-order valence-electron chi connectivity index (χ2n) is 7.28. The lowest BCUT2D eigenvalue weighted by molar-refractivity contribution is -0.137. The molecular weight excluding hydrogens is 419 g/mol. The average Bonchev–Trinajstić information content (AvgIpc) is 3.17. The van der Waals surface area contributed by atoms with Crippen LogP contribution in [0.15, 0.2) is 24.3 Å². The third kappa shape index (κ3) is 8.83. The molecule has 10 heteroatoms. The molecule has 1 aliphatic heterocycles. The highest BCUT2D eigenvalue weighted by atomic mass is 19.1. The summed E-state index contributed by atoms with van der Waals surface area (Å²) in [5, 5.41) is 9.37. The molecule has 2 atom stereocenters. The van der Waals surface area contributed by atoms with Crippen LogP contribution in [0.25, 0.3) is 0 Å². The van der Waals surface area contributed by atoms with Gasteiger partial charge in [0.1, 0.15) is 5.82 Å². The smallest absolute Gasteiger partial charge is 0.313 e. The van der Waals surface area contributed by atoms with Gasteiger partial charge in [0, 0.05) is 18.9 Å². The van der Waals surface area contributed by atoms with Crippen LogP contribution in [0.3, 0.4) is 0 Å². The fourth-order valence-electron chi connectivity index (χ4n) is 2.90. The number of carbonyl (C=O) groups excluding carboxylic acids is 5. The van der Waals surface area contributed by atoms with E-state index in [4.69, 9.17) is 0 Å². The molecule has 0 bridgehead atoms. The van der Waals surface area contributed by atoms with Crippen molar-refractivity contribution < 1.29 is 28.4 Å². The van der Waals surface area contributed by atoms with Crippen molar-refractivity contribution in [2.24, 2.45) is 5.92 Å². The lowest BCUT2D eigenvalue weighted by Gasteiger charge is -2.19. The summed E-state index contributed by atoms with van der Waals surface area (Å²) >= 11 is 0. The van der Waals surface area contributed by atoms with Crippen molar-refractivity contribution in [3.8, 4) is 0 Å². The van der Waals surface area contributed by atoms with Gasteiger partial charge in [-0.05, 0) is 25.0 Å². The minimum absolute atomic E-state index is 0.161. The summed E-state index contributed by atoms with van der Waals surface area (Å²) in [6.07, 6.45) is 2.18. The molecule has 9 nitrogen and oxygen atoms in total. The maximum atomic E-state index is 13.5. The molecule has 1 heterocycles. The average molecular weight is 451 g/mol. The van der Waals surface area contributed by atoms with Crippen LogP contribution in [-0.2, 0) is 24.0 Å². The lowest BCUT2D eigenvalue weighted by atomic mass is 9.95. The Labute approximate surface area is 186 Å². The highest BCUT2D eigenvalue weighted by Crippen LogP contribution is 2.17. The molecule has 32 heavy (non-hydrogen) atoms. The Morgan fingerprint density at radius 3 is 2.34 bits per heavy atom. The van der Waals surface area contributed by atoms with Crippen LogP contribution < -0.4 is 21.3 Å². The first-order valence-electron chi connectivity index (χ1n) is 10.7. The number of carbonyl (C=O) groups is 5. The highest BCUT2D eigenvalue weighted by molar-refractivity contribution is 6.39. The van der Waals surface area contributed by atoms with E-state index in [-0.39, 0.29) is 36.1 Å². The Hall–Kier alpha value is -3.30. The maximum Gasteiger partial charge on any atom is 0.313 e. The van der Waals surface area contributed by atoms with Crippen molar-refractivity contribution in [3.05, 3.63) is 30.1 Å². The number of anilines is 1. The minimum atomic E-state index is -1.13. The fourth-order valence-corrected chi connectivity index (χ4v) is 2.90. The van der Waals surface area contributed by atoms with Crippen LogP contribution in [0.4, 0.5) is 10.1 Å². The first kappa shape index (κ1) is 26.7. The molecule has 0 aromatic heterocycles. The quantitative estimate of drug-likeness (QED) is 0.443. The molecular formula is C22H31FN4O5. The van der Waals surface area contributed by atoms with Crippen molar-refractivity contribution in [1.82, 2.24) is 16.0 Å². The van der Waals surface area contributed by atoms with Crippen molar-refractivity contribution in [1.29, 1.82) is 0 Å². The molecule has 1 aliphatic rings. The van der Waals surface area contributed by atoms with Gasteiger partial charge in [0.25, 0.3) is 0 Å². The van der Waals surface area contributed by atoms with Gasteiger partial charge >= 0.3 is 11.8 Å². The molecule has 176 valence electrons. The third-order valence-electron chi connectivity index (χ3n) is 4.49. The summed E-state index contributed by atoms with van der Waals surface area (Å²) in [5.74, 6) is -4.40. The molecule has 1 fully saturated rings. The largest absolute Gasteiger partial charge is 0.356 e. The molecule has 2 rings (SSSR count). The summed E-state index contributed by atoms with van der Waals surface area (Å²) in [4.78, 5) is 59.5. The monoisotopic (exact) mass is 450 g/mol. The van der Waals surface area contributed by atoms with Gasteiger partial charge in [-0.3, -0.25) is 24.0 Å². The van der Waals surface area contributed by atoms with Gasteiger partial charge in [0.05, 0.1) is 18.3 Å². The first-order chi connectivity index (χ1) is 15.2. The number of amides is 4. The predicted octanol–water partition coefficient (Wildman–Crippen LogP) is 1.29. The standard InChI is InChI=1S/C19H23FN4O5.C3H8/c1-2-15(25)14(9-11-7-8-21-17(11)27)23-16(26)10-22-18(28)19(29)24-13-6-4-3-5-12(13)20;1-3-2/h3-6,11,14H,2,7-10H2,1H3,(H,21,27)(H,22,28)(H,23,26)(H,24,29);3H2,1-2H3. The molecule has 1 aromatic carbocycles. The number of halogens is 1. The van der Waals surface area contributed by atoms with Crippen LogP contribution in [0.2, 0.25) is 0 Å². The predicted molar refractivity (Wildman–Crippen MR) is 117 cm³/mol. The summed E-state index contributed by atoms with van der Waals surface area (Å²) in [6, 6.07) is 4.47. The van der Waals surface area contributed by atoms with Gasteiger partial charge in [-0.1, -0.05) is 39.3 Å². The van der Waals surface area contributed by atoms with E-state index < -0.39 is 36.1 Å². The molecule has 0 aliphatic carbocycles. The molecule has 4 amide bonds. The molecule has 1 aromatic rings. The van der Waals surface area contributed by atoms with E-state index in [1.165, 1.54) is 24.6 Å². The summed E-state index contributed by atoms with van der Waals surface area (Å²) in [5.41, 5.74) is -0.166. The molecule has 1 saturated heterocycles. The zero-order valence-electron chi connectivity index (χ0n) is 18.6. The van der Waals surface area contributed by atoms with Crippen molar-refractivity contribution in [3.63, 3.8) is 0 Å². The van der Waals surface area contributed by atoms with Gasteiger partial charge in [-0.15, -0.1) is 0 Å². The summed E-state index contributed by atoms with van der Waals surface area (Å²) in [7, 11) is 0. The van der Waals surface area contributed by atoms with E-state index in [2.05, 4.69) is 35.1 Å². The van der Waals surface area contributed by atoms with E-state index in [0.717, 1.165) is 6.07 Å². The Morgan fingerprint density at radius 2 is 1.78 bits per heavy atom. The number of hydrogen-bond acceptors (Lipinski definition) is 5. The van der Waals surface area contributed by atoms with Gasteiger partial charge in [-0.25, -0.2) is 4.39 Å². The second kappa shape index (κ2) is 13.9. The first-order valence-corrected chi connectivity index (χ1v) is 10.7. The molecule has 0 radical (unpaired) electrons. The normalized spacial score (nSPS) is 15.5. The van der Waals surface area contributed by atoms with Crippen molar-refractivity contribution in [2.75, 3.05) is 18.4 Å². The maximum absolute atomic E-state index is 13.5. The van der Waals surface area contributed by atoms with Gasteiger partial charge < -0.3 is 21.3 Å². The topological polar surface area (TPSA) is 133 Å². The van der Waals surface area contributed by atoms with Crippen molar-refractivity contribution in [2.45, 2.75) is 52.5 Å². The Bertz CT molecular complexity index is 830. The SMILES string of the molecule is CCC.CCC(=O)C(CC1CCNC1=O)NC(=O)CNC(=O)C(=O)Nc1ccccc1F. The summed E-state index contributed by atoms with van der Waals surface area (Å²) < 4.78 is 13.5. The van der Waals surface area contributed by atoms with Crippen LogP contribution in [0.5, 0.6) is 0 Å². The van der Waals surface area contributed by atoms with Gasteiger partial charge in [-0.2, -0.15) is 0 Å². The Morgan fingerprint density at radius 1 is 1.12 bits per heavy atom. The van der Waals surface area contributed by atoms with Gasteiger partial charge in [0.15, 0.2) is 5.78 Å². The van der Waals surface area contributed by atoms with E-state index in [9.17, 15) is 28.4 Å². The fraction of sp³-hybridized carbons (Fsp3) is 0.500. The second-order valence-corrected chi connectivity index (χ2v) is 7.28. The number of hydrogen-bond donors (Lipinski definition) is 4. The summed E-state index contributed by atoms with van der Waals surface area (Å²) in [6.45, 7) is 5.87. The number of rotatable bonds is 8. The zero-order chi connectivity index (χ0) is 24.1. The van der Waals surface area contributed by atoms with E-state index in [0.29, 0.717) is 13.0 Å². The molecule has 0 saturated carbocycles. The number of ketones is 1. The molecule has 0 spiro atoms. The van der Waals surface area contributed by atoms with Gasteiger partial charge in [0.2, 0.25) is 11.8 Å². The number of para-hydroxylation sites is 1. The van der Waals surface area contributed by atoms with E-state index >= 15 is 0 Å². The van der Waals surface area contributed by atoms with Crippen LogP contribution in [-0.4, -0.2) is 48.5 Å². The van der Waals surface area contributed by atoms with E-state index in [1.54, 1.807) is 6.92 Å².